The first-order chi connectivity index (χ1) is 20.5. The second-order valence-corrected chi connectivity index (χ2v) is 14.1. The molecule has 43 heavy (non-hydrogen) atoms. The molecule has 228 valence electrons. The predicted octanol–water partition coefficient (Wildman–Crippen LogP) is 10.7. The number of fused-ring (bicyclic) bond motifs is 2. The fourth-order valence-electron chi connectivity index (χ4n) is 6.62. The van der Waals surface area contributed by atoms with Gasteiger partial charge in [-0.05, 0) is 79.5 Å². The van der Waals surface area contributed by atoms with Gasteiger partial charge in [0, 0.05) is 57.5 Å². The summed E-state index contributed by atoms with van der Waals surface area (Å²) in [4.78, 5) is 2.45. The standard InChI is InChI=1S/C37H44Cl3N2O/c1-7-9-19-41-31-15-13-27(38)21-29(31)36(3,4)33(41)17-11-25-23-43-24-26(35(25)40)12-18-34-37(5,6)30-22-28(39)14-16-32(30)42(34)20-10-8-2/h11-18,21-22H,7-10,19-20,23-24H2,1-6H3/q+1. The van der Waals surface area contributed by atoms with E-state index in [2.05, 4.69) is 99.6 Å². The molecule has 2 aromatic carbocycles. The summed E-state index contributed by atoms with van der Waals surface area (Å²) < 4.78 is 8.52. The van der Waals surface area contributed by atoms with Crippen LogP contribution < -0.4 is 4.90 Å². The minimum Gasteiger partial charge on any atom is -0.372 e. The molecule has 3 nitrogen and oxygen atoms in total. The smallest absolute Gasteiger partial charge is 0.209 e. The first kappa shape index (κ1) is 32.1. The lowest BCUT2D eigenvalue weighted by Crippen LogP contribution is -2.28. The SMILES string of the molecule is CCCCN1/C(=C/C=C2\COCC(/C=C/C3=[N+](CCCC)c4ccc(Cl)cc4C3(C)C)=C2Cl)C(C)(C)c2cc(Cl)ccc21. The average molecular weight is 639 g/mol. The van der Waals surface area contributed by atoms with E-state index in [1.54, 1.807) is 0 Å². The topological polar surface area (TPSA) is 15.5 Å². The lowest BCUT2D eigenvalue weighted by molar-refractivity contribution is -0.438. The van der Waals surface area contributed by atoms with Crippen molar-refractivity contribution in [1.29, 1.82) is 0 Å². The van der Waals surface area contributed by atoms with E-state index in [0.717, 1.165) is 65.0 Å². The Kier molecular flexibility index (Phi) is 9.69. The Morgan fingerprint density at radius 3 is 2.26 bits per heavy atom. The van der Waals surface area contributed by atoms with Crippen LogP contribution in [0.3, 0.4) is 0 Å². The number of rotatable bonds is 9. The van der Waals surface area contributed by atoms with Gasteiger partial charge in [-0.15, -0.1) is 0 Å². The third kappa shape index (κ3) is 6.16. The highest BCUT2D eigenvalue weighted by molar-refractivity contribution is 6.33. The van der Waals surface area contributed by atoms with Gasteiger partial charge in [0.15, 0.2) is 5.71 Å². The van der Waals surface area contributed by atoms with Crippen molar-refractivity contribution in [3.8, 4) is 0 Å². The maximum Gasteiger partial charge on any atom is 0.209 e. The van der Waals surface area contributed by atoms with Gasteiger partial charge in [-0.25, -0.2) is 0 Å². The number of halogens is 3. The van der Waals surface area contributed by atoms with Crippen LogP contribution in [-0.4, -0.2) is 36.6 Å². The van der Waals surface area contributed by atoms with E-state index in [-0.39, 0.29) is 10.8 Å². The van der Waals surface area contributed by atoms with Crippen molar-refractivity contribution in [2.75, 3.05) is 31.2 Å². The second kappa shape index (κ2) is 13.0. The van der Waals surface area contributed by atoms with Gasteiger partial charge in [0.05, 0.1) is 23.7 Å². The molecule has 5 rings (SSSR count). The van der Waals surface area contributed by atoms with Crippen molar-refractivity contribution in [3.05, 3.63) is 104 Å². The Morgan fingerprint density at radius 2 is 1.53 bits per heavy atom. The number of allylic oxidation sites excluding steroid dienone is 4. The molecule has 3 aliphatic heterocycles. The van der Waals surface area contributed by atoms with Gasteiger partial charge in [-0.1, -0.05) is 81.4 Å². The third-order valence-electron chi connectivity index (χ3n) is 9.14. The fraction of sp³-hybridized carbons (Fsp3) is 0.432. The molecule has 0 saturated carbocycles. The summed E-state index contributed by atoms with van der Waals surface area (Å²) in [7, 11) is 0. The molecule has 2 aromatic rings. The monoisotopic (exact) mass is 637 g/mol. The van der Waals surface area contributed by atoms with Crippen LogP contribution in [0.4, 0.5) is 11.4 Å². The molecule has 0 saturated heterocycles. The molecule has 0 aliphatic carbocycles. The molecule has 0 fully saturated rings. The van der Waals surface area contributed by atoms with Crippen LogP contribution in [0.1, 0.15) is 78.4 Å². The molecule has 0 aromatic heterocycles. The van der Waals surface area contributed by atoms with E-state index in [1.165, 1.54) is 33.9 Å². The summed E-state index contributed by atoms with van der Waals surface area (Å²) in [5.41, 5.74) is 9.14. The maximum absolute atomic E-state index is 7.10. The zero-order chi connectivity index (χ0) is 30.9. The lowest BCUT2D eigenvalue weighted by atomic mass is 9.81. The van der Waals surface area contributed by atoms with E-state index < -0.39 is 0 Å². The molecule has 0 N–H and O–H groups in total. The first-order valence-corrected chi connectivity index (χ1v) is 16.7. The van der Waals surface area contributed by atoms with E-state index in [4.69, 9.17) is 39.5 Å². The van der Waals surface area contributed by atoms with Crippen molar-refractivity contribution >= 4 is 51.9 Å². The molecule has 0 atom stereocenters. The van der Waals surface area contributed by atoms with Crippen LogP contribution in [-0.2, 0) is 15.6 Å². The summed E-state index contributed by atoms with van der Waals surface area (Å²) in [6.45, 7) is 16.5. The average Bonchev–Trinajstić information content (AvgIpc) is 3.31. The van der Waals surface area contributed by atoms with Crippen LogP contribution >= 0.6 is 34.8 Å². The summed E-state index contributed by atoms with van der Waals surface area (Å²) in [6.07, 6.45) is 13.3. The number of ether oxygens (including phenoxy) is 1. The van der Waals surface area contributed by atoms with Gasteiger partial charge in [0.1, 0.15) is 6.54 Å². The number of hydrogen-bond donors (Lipinski definition) is 0. The van der Waals surface area contributed by atoms with Crippen molar-refractivity contribution in [3.63, 3.8) is 0 Å². The van der Waals surface area contributed by atoms with Gasteiger partial charge in [0.2, 0.25) is 5.69 Å². The minimum absolute atomic E-state index is 0.177. The summed E-state index contributed by atoms with van der Waals surface area (Å²) in [5, 5.41) is 2.31. The summed E-state index contributed by atoms with van der Waals surface area (Å²) in [6, 6.07) is 12.5. The zero-order valence-electron chi connectivity index (χ0n) is 26.4. The van der Waals surface area contributed by atoms with Gasteiger partial charge in [0.25, 0.3) is 0 Å². The highest BCUT2D eigenvalue weighted by Crippen LogP contribution is 2.49. The molecule has 6 heteroatoms. The Morgan fingerprint density at radius 1 is 0.837 bits per heavy atom. The quantitative estimate of drug-likeness (QED) is 0.254. The van der Waals surface area contributed by atoms with E-state index >= 15 is 0 Å². The number of unbranched alkanes of at least 4 members (excludes halogenated alkanes) is 2. The molecular weight excluding hydrogens is 595 g/mol. The molecule has 0 bridgehead atoms. The number of nitrogens with zero attached hydrogens (tertiary/aromatic N) is 2. The van der Waals surface area contributed by atoms with Gasteiger partial charge in [-0.2, -0.15) is 4.58 Å². The Balaban J connectivity index is 1.50. The molecule has 0 unspecified atom stereocenters. The van der Waals surface area contributed by atoms with E-state index in [9.17, 15) is 0 Å². The van der Waals surface area contributed by atoms with Crippen molar-refractivity contribution in [1.82, 2.24) is 0 Å². The minimum atomic E-state index is -0.177. The highest BCUT2D eigenvalue weighted by Gasteiger charge is 2.44. The third-order valence-corrected chi connectivity index (χ3v) is 10.1. The summed E-state index contributed by atoms with van der Waals surface area (Å²) in [5.74, 6) is 0. The normalized spacial score (nSPS) is 21.1. The predicted molar refractivity (Wildman–Crippen MR) is 185 cm³/mol. The van der Waals surface area contributed by atoms with Crippen LogP contribution in [0.15, 0.2) is 82.6 Å². The lowest BCUT2D eigenvalue weighted by Gasteiger charge is -2.27. The van der Waals surface area contributed by atoms with Crippen LogP contribution in [0, 0.1) is 0 Å². The number of hydrogen-bond acceptors (Lipinski definition) is 2. The Hall–Kier alpha value is -2.30. The van der Waals surface area contributed by atoms with Gasteiger partial charge in [-0.3, -0.25) is 0 Å². The maximum atomic E-state index is 7.10. The molecule has 3 aliphatic rings. The molecule has 0 radical (unpaired) electrons. The van der Waals surface area contributed by atoms with Crippen LogP contribution in [0.25, 0.3) is 0 Å². The molecule has 0 amide bonds. The molecular formula is C37H44Cl3N2O+. The molecule has 3 heterocycles. The number of anilines is 1. The van der Waals surface area contributed by atoms with Crippen molar-refractivity contribution in [2.45, 2.75) is 78.1 Å². The van der Waals surface area contributed by atoms with Gasteiger partial charge >= 0.3 is 0 Å². The molecule has 0 spiro atoms. The second-order valence-electron chi connectivity index (χ2n) is 12.9. The Bertz CT molecular complexity index is 1560. The highest BCUT2D eigenvalue weighted by atomic mass is 35.5. The van der Waals surface area contributed by atoms with Crippen LogP contribution in [0.5, 0.6) is 0 Å². The van der Waals surface area contributed by atoms with Gasteiger partial charge < -0.3 is 9.64 Å². The van der Waals surface area contributed by atoms with E-state index in [0.29, 0.717) is 13.2 Å². The van der Waals surface area contributed by atoms with Crippen molar-refractivity contribution < 1.29 is 9.31 Å². The first-order valence-electron chi connectivity index (χ1n) is 15.6. The zero-order valence-corrected chi connectivity index (χ0v) is 28.6. The summed E-state index contributed by atoms with van der Waals surface area (Å²) >= 11 is 20.0. The largest absolute Gasteiger partial charge is 0.372 e. The Labute approximate surface area is 273 Å². The van der Waals surface area contributed by atoms with Crippen molar-refractivity contribution in [2.24, 2.45) is 0 Å². The van der Waals surface area contributed by atoms with E-state index in [1.807, 2.05) is 12.1 Å². The number of benzene rings is 2. The fourth-order valence-corrected chi connectivity index (χ4v) is 7.19. The van der Waals surface area contributed by atoms with Crippen LogP contribution in [0.2, 0.25) is 10.0 Å².